The van der Waals surface area contributed by atoms with Gasteiger partial charge in [-0.3, -0.25) is 24.1 Å². The van der Waals surface area contributed by atoms with Crippen LogP contribution in [0.3, 0.4) is 0 Å². The predicted molar refractivity (Wildman–Crippen MR) is 94.4 cm³/mol. The molecule has 0 aromatic carbocycles. The van der Waals surface area contributed by atoms with Crippen molar-refractivity contribution in [3.05, 3.63) is 11.3 Å². The third kappa shape index (κ3) is 3.81. The Bertz CT molecular complexity index is 742. The second-order valence-corrected chi connectivity index (χ2v) is 7.28. The summed E-state index contributed by atoms with van der Waals surface area (Å²) in [6.07, 6.45) is 0.265. The maximum absolute atomic E-state index is 12.7. The first kappa shape index (κ1) is 21.7. The molecule has 12 nitrogen and oxygen atoms in total. The number of fused-ring (bicyclic) bond motifs is 1. The lowest BCUT2D eigenvalue weighted by molar-refractivity contribution is -0.162. The van der Waals surface area contributed by atoms with Gasteiger partial charge >= 0.3 is 11.9 Å². The summed E-state index contributed by atoms with van der Waals surface area (Å²) in [4.78, 5) is 59.1. The van der Waals surface area contributed by atoms with Crippen LogP contribution in [0.25, 0.3) is 0 Å². The van der Waals surface area contributed by atoms with Crippen molar-refractivity contribution in [3.63, 3.8) is 0 Å². The van der Waals surface area contributed by atoms with E-state index in [0.717, 1.165) is 16.7 Å². The predicted octanol–water partition coefficient (Wildman–Crippen LogP) is -2.63. The minimum absolute atomic E-state index is 0.0425. The number of rotatable bonds is 10. The topological polar surface area (TPSA) is 199 Å². The van der Waals surface area contributed by atoms with Gasteiger partial charge in [-0.25, -0.2) is 4.79 Å². The van der Waals surface area contributed by atoms with Gasteiger partial charge in [-0.2, -0.15) is 0 Å². The monoisotopic (exact) mass is 416 g/mol. The summed E-state index contributed by atoms with van der Waals surface area (Å²) < 4.78 is 0. The highest BCUT2D eigenvalue weighted by molar-refractivity contribution is 8.00. The Balaban J connectivity index is 2.13. The summed E-state index contributed by atoms with van der Waals surface area (Å²) in [6.45, 7) is -0.546. The second kappa shape index (κ2) is 8.58. The third-order valence-corrected chi connectivity index (χ3v) is 5.80. The van der Waals surface area contributed by atoms with Gasteiger partial charge in [-0.15, -0.1) is 11.8 Å². The lowest BCUT2D eigenvalue weighted by Gasteiger charge is -2.56. The standard InChI is InChI=1S/C15H20N4O8S/c16-8(11(23)24)2-1-3-9(22)18-15(17-6-21)13(27)19-10(12(25)26)7(4-20)5-28-14(15)19/h6,8,14,20H,1-5,16H2,(H,17,21)(H,18,22)(H,23,24)(H,25,26). The first-order chi connectivity index (χ1) is 13.2. The molecule has 2 heterocycles. The minimum Gasteiger partial charge on any atom is -0.480 e. The van der Waals surface area contributed by atoms with Gasteiger partial charge in [0.25, 0.3) is 5.91 Å². The first-order valence-corrected chi connectivity index (χ1v) is 9.26. The number of carboxylic acids is 2. The fourth-order valence-corrected chi connectivity index (χ4v) is 4.42. The molecule has 0 bridgehead atoms. The number of β-lactam (4-membered cyclic amide) rings is 1. The fraction of sp³-hybridized carbons (Fsp3) is 0.533. The first-order valence-electron chi connectivity index (χ1n) is 8.21. The zero-order valence-corrected chi connectivity index (χ0v) is 15.4. The van der Waals surface area contributed by atoms with E-state index in [1.165, 1.54) is 0 Å². The van der Waals surface area contributed by atoms with E-state index in [0.29, 0.717) is 0 Å². The second-order valence-electron chi connectivity index (χ2n) is 6.21. The number of aliphatic hydroxyl groups is 1. The Morgan fingerprint density at radius 1 is 1.39 bits per heavy atom. The van der Waals surface area contributed by atoms with Crippen molar-refractivity contribution in [1.82, 2.24) is 15.5 Å². The van der Waals surface area contributed by atoms with E-state index < -0.39 is 47.4 Å². The van der Waals surface area contributed by atoms with Crippen molar-refractivity contribution in [2.24, 2.45) is 5.73 Å². The number of carbonyl (C=O) groups is 5. The smallest absolute Gasteiger partial charge is 0.352 e. The van der Waals surface area contributed by atoms with Crippen LogP contribution in [-0.4, -0.2) is 79.8 Å². The van der Waals surface area contributed by atoms with Gasteiger partial charge in [-0.1, -0.05) is 0 Å². The molecule has 0 aliphatic carbocycles. The number of carboxylic acid groups (broad SMARTS) is 2. The number of aliphatic hydroxyl groups excluding tert-OH is 1. The highest BCUT2D eigenvalue weighted by atomic mass is 32.2. The third-order valence-electron chi connectivity index (χ3n) is 4.41. The van der Waals surface area contributed by atoms with Crippen molar-refractivity contribution < 1.29 is 39.3 Å². The largest absolute Gasteiger partial charge is 0.480 e. The molecule has 2 rings (SSSR count). The van der Waals surface area contributed by atoms with E-state index in [4.69, 9.17) is 10.8 Å². The lowest BCUT2D eigenvalue weighted by atomic mass is 9.94. The van der Waals surface area contributed by atoms with Crippen LogP contribution in [0.5, 0.6) is 0 Å². The lowest BCUT2D eigenvalue weighted by Crippen LogP contribution is -2.85. The summed E-state index contributed by atoms with van der Waals surface area (Å²) in [5, 5.41) is 31.2. The van der Waals surface area contributed by atoms with E-state index in [1.807, 2.05) is 0 Å². The van der Waals surface area contributed by atoms with Crippen molar-refractivity contribution >= 4 is 41.9 Å². The Hall–Kier alpha value is -2.64. The van der Waals surface area contributed by atoms with Crippen LogP contribution in [0.4, 0.5) is 0 Å². The van der Waals surface area contributed by atoms with Crippen molar-refractivity contribution in [1.29, 1.82) is 0 Å². The summed E-state index contributed by atoms with van der Waals surface area (Å²) in [7, 11) is 0. The Labute approximate surface area is 163 Å². The average molecular weight is 416 g/mol. The highest BCUT2D eigenvalue weighted by Gasteiger charge is 2.65. The molecule has 0 saturated carbocycles. The molecular weight excluding hydrogens is 396 g/mol. The van der Waals surface area contributed by atoms with Gasteiger partial charge in [0.15, 0.2) is 0 Å². The number of amides is 3. The maximum atomic E-state index is 12.7. The zero-order valence-electron chi connectivity index (χ0n) is 14.6. The van der Waals surface area contributed by atoms with Crippen molar-refractivity contribution in [3.8, 4) is 0 Å². The number of carbonyl (C=O) groups excluding carboxylic acids is 3. The molecule has 3 atom stereocenters. The molecular formula is C15H20N4O8S. The van der Waals surface area contributed by atoms with E-state index in [9.17, 15) is 34.2 Å². The molecule has 13 heteroatoms. The summed E-state index contributed by atoms with van der Waals surface area (Å²) >= 11 is 1.08. The number of thioether (sulfide) groups is 1. The van der Waals surface area contributed by atoms with Crippen LogP contribution < -0.4 is 16.4 Å². The van der Waals surface area contributed by atoms with Gasteiger partial charge in [0.05, 0.1) is 6.61 Å². The molecule has 0 radical (unpaired) electrons. The molecule has 3 unspecified atom stereocenters. The SMILES string of the molecule is NC(CCCC(=O)NC1(NC=O)C(=O)N2C(C(=O)O)=C(CO)CSC21)C(=O)O. The van der Waals surface area contributed by atoms with Gasteiger partial charge in [0, 0.05) is 12.2 Å². The molecule has 1 fully saturated rings. The Kier molecular flexibility index (Phi) is 6.64. The molecule has 154 valence electrons. The molecule has 7 N–H and O–H groups in total. The minimum atomic E-state index is -1.82. The zero-order chi connectivity index (χ0) is 21.1. The Morgan fingerprint density at radius 3 is 2.61 bits per heavy atom. The number of nitrogens with zero attached hydrogens (tertiary/aromatic N) is 1. The van der Waals surface area contributed by atoms with Gasteiger partial charge in [0.2, 0.25) is 18.0 Å². The quantitative estimate of drug-likeness (QED) is 0.124. The molecule has 28 heavy (non-hydrogen) atoms. The average Bonchev–Trinajstić information content (AvgIpc) is 2.65. The number of hydrogen-bond donors (Lipinski definition) is 6. The molecule has 0 aromatic rings. The molecule has 1 saturated heterocycles. The Morgan fingerprint density at radius 2 is 2.07 bits per heavy atom. The van der Waals surface area contributed by atoms with Crippen LogP contribution in [0, 0.1) is 0 Å². The van der Waals surface area contributed by atoms with Crippen molar-refractivity contribution in [2.75, 3.05) is 12.4 Å². The number of aliphatic carboxylic acids is 2. The van der Waals surface area contributed by atoms with E-state index >= 15 is 0 Å². The summed E-state index contributed by atoms with van der Waals surface area (Å²) in [5.41, 5.74) is 3.31. The molecule has 3 amide bonds. The maximum Gasteiger partial charge on any atom is 0.352 e. The molecule has 2 aliphatic rings. The summed E-state index contributed by atoms with van der Waals surface area (Å²) in [5.74, 6) is -3.99. The van der Waals surface area contributed by atoms with Gasteiger partial charge in [0.1, 0.15) is 17.1 Å². The van der Waals surface area contributed by atoms with Crippen LogP contribution in [-0.2, 0) is 24.0 Å². The number of nitrogens with two attached hydrogens (primary N) is 1. The van der Waals surface area contributed by atoms with Crippen LogP contribution >= 0.6 is 11.8 Å². The van der Waals surface area contributed by atoms with Crippen LogP contribution in [0.1, 0.15) is 19.3 Å². The van der Waals surface area contributed by atoms with E-state index in [-0.39, 0.29) is 42.7 Å². The normalized spacial score (nSPS) is 24.7. The number of hydrogen-bond acceptors (Lipinski definition) is 8. The molecule has 0 aromatic heterocycles. The summed E-state index contributed by atoms with van der Waals surface area (Å²) in [6, 6.07) is -1.12. The highest BCUT2D eigenvalue weighted by Crippen LogP contribution is 2.44. The van der Waals surface area contributed by atoms with Crippen molar-refractivity contribution in [2.45, 2.75) is 36.3 Å². The van der Waals surface area contributed by atoms with Crippen LogP contribution in [0.2, 0.25) is 0 Å². The fourth-order valence-electron chi connectivity index (χ4n) is 3.01. The molecule has 2 aliphatic heterocycles. The molecule has 0 spiro atoms. The van der Waals surface area contributed by atoms with Gasteiger partial charge < -0.3 is 31.7 Å². The van der Waals surface area contributed by atoms with Gasteiger partial charge in [-0.05, 0) is 18.4 Å². The van der Waals surface area contributed by atoms with Crippen LogP contribution in [0.15, 0.2) is 11.3 Å². The number of nitrogens with one attached hydrogen (secondary N) is 2. The van der Waals surface area contributed by atoms with E-state index in [2.05, 4.69) is 10.6 Å². The van der Waals surface area contributed by atoms with E-state index in [1.54, 1.807) is 0 Å².